The lowest BCUT2D eigenvalue weighted by molar-refractivity contribution is 0.0693. The fourth-order valence-electron chi connectivity index (χ4n) is 1.73. The number of carbonyl (C=O) groups is 1. The van der Waals surface area contributed by atoms with E-state index in [2.05, 4.69) is 5.10 Å². The molecular weight excluding hydrogens is 280 g/mol. The Morgan fingerprint density at radius 1 is 1.45 bits per heavy atom. The van der Waals surface area contributed by atoms with Crippen molar-refractivity contribution >= 4 is 17.7 Å². The maximum Gasteiger partial charge on any atom is 0.336 e. The summed E-state index contributed by atoms with van der Waals surface area (Å²) in [5.74, 6) is 0.0800. The molecule has 0 spiro atoms. The molecule has 1 aromatic carbocycles. The normalized spacial score (nSPS) is 10.4. The largest absolute Gasteiger partial charge is 0.478 e. The van der Waals surface area contributed by atoms with E-state index in [0.717, 1.165) is 10.6 Å². The van der Waals surface area contributed by atoms with Gasteiger partial charge in [0.05, 0.1) is 11.8 Å². The lowest BCUT2D eigenvalue weighted by Crippen LogP contribution is -2.07. The number of aromatic carboxylic acids is 1. The number of thioether (sulfide) groups is 1. The van der Waals surface area contributed by atoms with Gasteiger partial charge in [0, 0.05) is 16.5 Å². The van der Waals surface area contributed by atoms with E-state index in [9.17, 15) is 9.90 Å². The Morgan fingerprint density at radius 3 is 2.85 bits per heavy atom. The van der Waals surface area contributed by atoms with E-state index in [0.29, 0.717) is 10.4 Å². The number of rotatable bonds is 6. The maximum atomic E-state index is 11.3. The van der Waals surface area contributed by atoms with Crippen LogP contribution in [0.5, 0.6) is 5.88 Å². The average Bonchev–Trinajstić information content (AvgIpc) is 2.83. The number of aromatic nitrogens is 2. The van der Waals surface area contributed by atoms with Gasteiger partial charge in [-0.2, -0.15) is 0 Å². The lowest BCUT2D eigenvalue weighted by Gasteiger charge is -2.11. The number of hydrogen-bond acceptors (Lipinski definition) is 5. The molecule has 1 aromatic heterocycles. The van der Waals surface area contributed by atoms with Gasteiger partial charge in [-0.05, 0) is 17.9 Å². The van der Waals surface area contributed by atoms with Crippen molar-refractivity contribution in [2.24, 2.45) is 0 Å². The zero-order valence-electron chi connectivity index (χ0n) is 10.8. The zero-order chi connectivity index (χ0) is 14.5. The minimum atomic E-state index is -0.991. The molecular formula is C13H14N2O4S. The number of carboxylic acid groups (broad SMARTS) is 1. The molecule has 7 heteroatoms. The standard InChI is InChI=1S/C13H14N2O4S/c1-2-20-11-5-3-4-9(13(16)17)10(11)8-19-12-6-7-15(18)14-12/h3-7,18H,2,8H2,1H3,(H,16,17). The van der Waals surface area contributed by atoms with E-state index in [-0.39, 0.29) is 18.1 Å². The molecule has 0 aliphatic heterocycles. The Labute approximate surface area is 119 Å². The van der Waals surface area contributed by atoms with Crippen molar-refractivity contribution in [3.05, 3.63) is 41.6 Å². The van der Waals surface area contributed by atoms with Crippen LogP contribution in [0.25, 0.3) is 0 Å². The second-order valence-corrected chi connectivity index (χ2v) is 5.19. The Hall–Kier alpha value is -2.15. The third-order valence-corrected chi connectivity index (χ3v) is 3.56. The molecule has 2 aromatic rings. The van der Waals surface area contributed by atoms with Crippen molar-refractivity contribution in [3.63, 3.8) is 0 Å². The molecule has 0 saturated heterocycles. The van der Waals surface area contributed by atoms with Crippen LogP contribution in [-0.2, 0) is 6.61 Å². The van der Waals surface area contributed by atoms with Crippen molar-refractivity contribution < 1.29 is 19.8 Å². The summed E-state index contributed by atoms with van der Waals surface area (Å²) in [6, 6.07) is 6.62. The van der Waals surface area contributed by atoms with Gasteiger partial charge in [-0.25, -0.2) is 4.79 Å². The van der Waals surface area contributed by atoms with Gasteiger partial charge in [0.2, 0.25) is 5.88 Å². The highest BCUT2D eigenvalue weighted by atomic mass is 32.2. The highest BCUT2D eigenvalue weighted by Crippen LogP contribution is 2.26. The average molecular weight is 294 g/mol. The lowest BCUT2D eigenvalue weighted by atomic mass is 10.1. The van der Waals surface area contributed by atoms with Crippen LogP contribution in [0.15, 0.2) is 35.4 Å². The molecule has 0 bridgehead atoms. The minimum Gasteiger partial charge on any atom is -0.478 e. The Morgan fingerprint density at radius 2 is 2.25 bits per heavy atom. The third-order valence-electron chi connectivity index (χ3n) is 2.58. The molecule has 0 aliphatic rings. The van der Waals surface area contributed by atoms with E-state index >= 15 is 0 Å². The van der Waals surface area contributed by atoms with E-state index in [4.69, 9.17) is 9.94 Å². The van der Waals surface area contributed by atoms with Crippen LogP contribution in [0.2, 0.25) is 0 Å². The Balaban J connectivity index is 2.25. The van der Waals surface area contributed by atoms with Gasteiger partial charge >= 0.3 is 5.97 Å². The maximum absolute atomic E-state index is 11.3. The van der Waals surface area contributed by atoms with E-state index in [1.807, 2.05) is 13.0 Å². The molecule has 0 saturated carbocycles. The predicted molar refractivity (Wildman–Crippen MR) is 73.5 cm³/mol. The van der Waals surface area contributed by atoms with Crippen LogP contribution in [-0.4, -0.2) is 32.0 Å². The summed E-state index contributed by atoms with van der Waals surface area (Å²) < 4.78 is 5.42. The molecule has 0 fully saturated rings. The van der Waals surface area contributed by atoms with E-state index in [1.165, 1.54) is 12.3 Å². The Bertz CT molecular complexity index is 612. The molecule has 0 radical (unpaired) electrons. The molecule has 6 nitrogen and oxygen atoms in total. The number of ether oxygens (including phenoxy) is 1. The topological polar surface area (TPSA) is 84.6 Å². The molecule has 2 rings (SSSR count). The van der Waals surface area contributed by atoms with E-state index < -0.39 is 5.97 Å². The van der Waals surface area contributed by atoms with Crippen molar-refractivity contribution in [1.29, 1.82) is 0 Å². The minimum absolute atomic E-state index is 0.0851. The molecule has 0 unspecified atom stereocenters. The summed E-state index contributed by atoms with van der Waals surface area (Å²) in [5, 5.41) is 22.0. The molecule has 106 valence electrons. The van der Waals surface area contributed by atoms with Crippen molar-refractivity contribution in [2.45, 2.75) is 18.4 Å². The van der Waals surface area contributed by atoms with Crippen molar-refractivity contribution in [1.82, 2.24) is 9.94 Å². The van der Waals surface area contributed by atoms with Crippen LogP contribution >= 0.6 is 11.8 Å². The zero-order valence-corrected chi connectivity index (χ0v) is 11.6. The molecule has 0 atom stereocenters. The van der Waals surface area contributed by atoms with Gasteiger partial charge in [-0.15, -0.1) is 16.6 Å². The fraction of sp³-hybridized carbons (Fsp3) is 0.231. The quantitative estimate of drug-likeness (QED) is 0.629. The second-order valence-electron chi connectivity index (χ2n) is 3.88. The Kier molecular flexibility index (Phi) is 4.52. The van der Waals surface area contributed by atoms with E-state index in [1.54, 1.807) is 23.9 Å². The highest BCUT2D eigenvalue weighted by molar-refractivity contribution is 7.99. The molecule has 1 heterocycles. The SMILES string of the molecule is CCSc1cccc(C(=O)O)c1COc1ccn(O)n1. The van der Waals surface area contributed by atoms with Gasteiger partial charge < -0.3 is 15.1 Å². The number of benzene rings is 1. The first-order valence-corrected chi connectivity index (χ1v) is 6.96. The van der Waals surface area contributed by atoms with Crippen LogP contribution < -0.4 is 4.74 Å². The second kappa shape index (κ2) is 6.33. The summed E-state index contributed by atoms with van der Waals surface area (Å²) >= 11 is 1.56. The van der Waals surface area contributed by atoms with Gasteiger partial charge in [0.1, 0.15) is 6.61 Å². The first kappa shape index (κ1) is 14.3. The first-order chi connectivity index (χ1) is 9.61. The summed E-state index contributed by atoms with van der Waals surface area (Å²) in [4.78, 5) is 12.8. The van der Waals surface area contributed by atoms with Gasteiger partial charge in [0.25, 0.3) is 0 Å². The summed E-state index contributed by atoms with van der Waals surface area (Å²) in [7, 11) is 0. The molecule has 0 amide bonds. The van der Waals surface area contributed by atoms with Crippen molar-refractivity contribution in [3.8, 4) is 5.88 Å². The highest BCUT2D eigenvalue weighted by Gasteiger charge is 2.15. The predicted octanol–water partition coefficient (Wildman–Crippen LogP) is 2.51. The number of hydrogen-bond donors (Lipinski definition) is 2. The smallest absolute Gasteiger partial charge is 0.336 e. The van der Waals surface area contributed by atoms with Crippen LogP contribution in [0, 0.1) is 0 Å². The summed E-state index contributed by atoms with van der Waals surface area (Å²) in [6.45, 7) is 2.08. The summed E-state index contributed by atoms with van der Waals surface area (Å²) in [5.41, 5.74) is 0.825. The summed E-state index contributed by atoms with van der Waals surface area (Å²) in [6.07, 6.45) is 1.33. The van der Waals surface area contributed by atoms with Gasteiger partial charge in [-0.1, -0.05) is 18.1 Å². The van der Waals surface area contributed by atoms with Crippen LogP contribution in [0.3, 0.4) is 0 Å². The monoisotopic (exact) mass is 294 g/mol. The molecule has 0 aliphatic carbocycles. The van der Waals surface area contributed by atoms with Crippen LogP contribution in [0.1, 0.15) is 22.8 Å². The number of carboxylic acids is 1. The molecule has 20 heavy (non-hydrogen) atoms. The first-order valence-electron chi connectivity index (χ1n) is 5.97. The van der Waals surface area contributed by atoms with Gasteiger partial charge in [0.15, 0.2) is 0 Å². The van der Waals surface area contributed by atoms with Crippen molar-refractivity contribution in [2.75, 3.05) is 5.75 Å². The fourth-order valence-corrected chi connectivity index (χ4v) is 2.56. The van der Waals surface area contributed by atoms with Crippen LogP contribution in [0.4, 0.5) is 0 Å². The van der Waals surface area contributed by atoms with Gasteiger partial charge in [-0.3, -0.25) is 0 Å². The molecule has 2 N–H and O–H groups in total. The third kappa shape index (κ3) is 3.24. The number of nitrogens with zero attached hydrogens (tertiary/aromatic N) is 2.